The fourth-order valence-electron chi connectivity index (χ4n) is 2.20. The molecule has 0 heterocycles. The molecule has 0 saturated carbocycles. The fourth-order valence-corrected chi connectivity index (χ4v) is 3.24. The number of rotatable bonds is 7. The van der Waals surface area contributed by atoms with Crippen LogP contribution in [0, 0.1) is 0 Å². The first-order chi connectivity index (χ1) is 11.5. The van der Waals surface area contributed by atoms with Gasteiger partial charge in [-0.1, -0.05) is 18.2 Å². The largest absolute Gasteiger partial charge is 0.496 e. The van der Waals surface area contributed by atoms with Crippen LogP contribution in [0.1, 0.15) is 22.8 Å². The molecule has 0 radical (unpaired) electrons. The number of amides is 1. The van der Waals surface area contributed by atoms with Crippen LogP contribution in [0.3, 0.4) is 0 Å². The fraction of sp³-hybridized carbons (Fsp3) is 0.222. The topological polar surface area (TPSA) is 72.5 Å². The van der Waals surface area contributed by atoms with Gasteiger partial charge in [-0.15, -0.1) is 0 Å². The van der Waals surface area contributed by atoms with Crippen LogP contribution in [-0.2, 0) is 21.3 Å². The molecule has 0 aromatic heterocycles. The zero-order valence-electron chi connectivity index (χ0n) is 13.6. The zero-order chi connectivity index (χ0) is 17.5. The standard InChI is InChI=1S/C18H19NO4S/c1-13(20)14-8-9-17(23-2)15(10-14)11-24(22)12-18(21)19-16-6-4-3-5-7-16/h3-10H,11-12H2,1-2H3,(H,19,21)/t24-/m0/s1. The Balaban J connectivity index is 2.02. The molecule has 2 rings (SSSR count). The normalized spacial score (nSPS) is 11.6. The summed E-state index contributed by atoms with van der Waals surface area (Å²) in [6, 6.07) is 14.0. The summed E-state index contributed by atoms with van der Waals surface area (Å²) in [4.78, 5) is 23.4. The molecule has 0 saturated heterocycles. The Labute approximate surface area is 143 Å². The predicted molar refractivity (Wildman–Crippen MR) is 94.8 cm³/mol. The number of hydrogen-bond acceptors (Lipinski definition) is 4. The highest BCUT2D eigenvalue weighted by Gasteiger charge is 2.13. The first-order valence-electron chi connectivity index (χ1n) is 7.37. The maximum absolute atomic E-state index is 12.3. The Hall–Kier alpha value is -2.47. The zero-order valence-corrected chi connectivity index (χ0v) is 14.4. The van der Waals surface area contributed by atoms with Gasteiger partial charge in [0.25, 0.3) is 0 Å². The summed E-state index contributed by atoms with van der Waals surface area (Å²) in [7, 11) is 0.0997. The third-order valence-corrected chi connectivity index (χ3v) is 4.57. The Bertz CT molecular complexity index is 759. The molecule has 0 aliphatic carbocycles. The minimum Gasteiger partial charge on any atom is -0.496 e. The lowest BCUT2D eigenvalue weighted by atomic mass is 10.1. The SMILES string of the molecule is COc1ccc(C(C)=O)cc1C[S@](=O)CC(=O)Nc1ccccc1. The quantitative estimate of drug-likeness (QED) is 0.783. The van der Waals surface area contributed by atoms with Crippen molar-refractivity contribution in [3.05, 3.63) is 59.7 Å². The summed E-state index contributed by atoms with van der Waals surface area (Å²) in [5, 5.41) is 2.70. The second-order valence-electron chi connectivity index (χ2n) is 5.23. The van der Waals surface area contributed by atoms with E-state index in [0.717, 1.165) is 0 Å². The molecule has 24 heavy (non-hydrogen) atoms. The van der Waals surface area contributed by atoms with Crippen LogP contribution in [0.2, 0.25) is 0 Å². The number of carbonyl (C=O) groups excluding carboxylic acids is 2. The molecule has 5 nitrogen and oxygen atoms in total. The Morgan fingerprint density at radius 2 is 1.83 bits per heavy atom. The molecule has 0 unspecified atom stereocenters. The Morgan fingerprint density at radius 3 is 2.46 bits per heavy atom. The van der Waals surface area contributed by atoms with Gasteiger partial charge in [-0.2, -0.15) is 0 Å². The van der Waals surface area contributed by atoms with Crippen molar-refractivity contribution in [1.82, 2.24) is 0 Å². The summed E-state index contributed by atoms with van der Waals surface area (Å²) < 4.78 is 17.5. The molecular weight excluding hydrogens is 326 g/mol. The molecule has 1 atom stereocenters. The summed E-state index contributed by atoms with van der Waals surface area (Å²) in [5.41, 5.74) is 1.84. The van der Waals surface area contributed by atoms with Crippen molar-refractivity contribution in [2.75, 3.05) is 18.2 Å². The second kappa shape index (κ2) is 8.40. The summed E-state index contributed by atoms with van der Waals surface area (Å²) in [6.45, 7) is 1.47. The van der Waals surface area contributed by atoms with E-state index >= 15 is 0 Å². The van der Waals surface area contributed by atoms with Crippen LogP contribution in [-0.4, -0.2) is 28.8 Å². The lowest BCUT2D eigenvalue weighted by Gasteiger charge is -2.10. The smallest absolute Gasteiger partial charge is 0.237 e. The number of anilines is 1. The second-order valence-corrected chi connectivity index (χ2v) is 6.68. The van der Waals surface area contributed by atoms with Gasteiger partial charge >= 0.3 is 0 Å². The maximum Gasteiger partial charge on any atom is 0.237 e. The molecule has 126 valence electrons. The van der Waals surface area contributed by atoms with Gasteiger partial charge in [0.1, 0.15) is 11.5 Å². The van der Waals surface area contributed by atoms with Crippen molar-refractivity contribution < 1.29 is 18.5 Å². The van der Waals surface area contributed by atoms with E-state index in [1.54, 1.807) is 30.3 Å². The van der Waals surface area contributed by atoms with Gasteiger partial charge in [-0.25, -0.2) is 0 Å². The van der Waals surface area contributed by atoms with Crippen molar-refractivity contribution in [3.8, 4) is 5.75 Å². The van der Waals surface area contributed by atoms with Crippen molar-refractivity contribution in [2.45, 2.75) is 12.7 Å². The number of nitrogens with one attached hydrogen (secondary N) is 1. The number of benzene rings is 2. The van der Waals surface area contributed by atoms with E-state index in [9.17, 15) is 13.8 Å². The van der Waals surface area contributed by atoms with Gasteiger partial charge in [0.2, 0.25) is 5.91 Å². The van der Waals surface area contributed by atoms with Crippen LogP contribution >= 0.6 is 0 Å². The van der Waals surface area contributed by atoms with Gasteiger partial charge < -0.3 is 10.1 Å². The molecule has 2 aromatic rings. The van der Waals surface area contributed by atoms with E-state index in [1.807, 2.05) is 18.2 Å². The highest BCUT2D eigenvalue weighted by Crippen LogP contribution is 2.22. The average Bonchev–Trinajstić information content (AvgIpc) is 2.55. The molecule has 1 amide bonds. The van der Waals surface area contributed by atoms with Crippen molar-refractivity contribution in [3.63, 3.8) is 0 Å². The lowest BCUT2D eigenvalue weighted by molar-refractivity contribution is -0.113. The van der Waals surface area contributed by atoms with Crippen LogP contribution in [0.5, 0.6) is 5.75 Å². The van der Waals surface area contributed by atoms with Gasteiger partial charge in [-0.3, -0.25) is 13.8 Å². The lowest BCUT2D eigenvalue weighted by Crippen LogP contribution is -2.20. The number of para-hydroxylation sites is 1. The summed E-state index contributed by atoms with van der Waals surface area (Å²) >= 11 is 0. The van der Waals surface area contributed by atoms with Crippen molar-refractivity contribution >= 4 is 28.2 Å². The Kier molecular flexibility index (Phi) is 6.26. The number of methoxy groups -OCH3 is 1. The van der Waals surface area contributed by atoms with E-state index < -0.39 is 10.8 Å². The molecule has 0 bridgehead atoms. The molecule has 2 aromatic carbocycles. The van der Waals surface area contributed by atoms with E-state index in [1.165, 1.54) is 14.0 Å². The minimum absolute atomic E-state index is 0.0773. The first-order valence-corrected chi connectivity index (χ1v) is 8.86. The van der Waals surface area contributed by atoms with Gasteiger partial charge in [0.15, 0.2) is 5.78 Å². The third-order valence-electron chi connectivity index (χ3n) is 3.35. The molecule has 0 aliphatic rings. The Morgan fingerprint density at radius 1 is 1.12 bits per heavy atom. The predicted octanol–water partition coefficient (Wildman–Crippen LogP) is 2.79. The molecule has 0 spiro atoms. The number of carbonyl (C=O) groups is 2. The number of ether oxygens (including phenoxy) is 1. The van der Waals surface area contributed by atoms with Crippen LogP contribution in [0.4, 0.5) is 5.69 Å². The van der Waals surface area contributed by atoms with Crippen molar-refractivity contribution in [2.24, 2.45) is 0 Å². The highest BCUT2D eigenvalue weighted by atomic mass is 32.2. The molecule has 0 fully saturated rings. The summed E-state index contributed by atoms with van der Waals surface area (Å²) in [6.07, 6.45) is 0. The molecular formula is C18H19NO4S. The van der Waals surface area contributed by atoms with E-state index in [0.29, 0.717) is 22.6 Å². The van der Waals surface area contributed by atoms with Crippen molar-refractivity contribution in [1.29, 1.82) is 0 Å². The van der Waals surface area contributed by atoms with Crippen LogP contribution in [0.25, 0.3) is 0 Å². The first kappa shape index (κ1) is 17.9. The third kappa shape index (κ3) is 5.03. The monoisotopic (exact) mass is 345 g/mol. The van der Waals surface area contributed by atoms with Crippen LogP contribution in [0.15, 0.2) is 48.5 Å². The van der Waals surface area contributed by atoms with Gasteiger partial charge in [0.05, 0.1) is 12.9 Å². The molecule has 0 aliphatic heterocycles. The van der Waals surface area contributed by atoms with Gasteiger partial charge in [-0.05, 0) is 37.3 Å². The average molecular weight is 345 g/mol. The van der Waals surface area contributed by atoms with Gasteiger partial charge in [0, 0.05) is 27.6 Å². The number of ketones is 1. The van der Waals surface area contributed by atoms with E-state index in [4.69, 9.17) is 4.74 Å². The highest BCUT2D eigenvalue weighted by molar-refractivity contribution is 7.85. The number of hydrogen-bond donors (Lipinski definition) is 1. The molecule has 1 N–H and O–H groups in total. The van der Waals surface area contributed by atoms with E-state index in [-0.39, 0.29) is 23.2 Å². The summed E-state index contributed by atoms with van der Waals surface area (Å²) in [5.74, 6) is 0.180. The maximum atomic E-state index is 12.3. The minimum atomic E-state index is -1.41. The molecule has 6 heteroatoms. The van der Waals surface area contributed by atoms with E-state index in [2.05, 4.69) is 5.32 Å². The van der Waals surface area contributed by atoms with Crippen LogP contribution < -0.4 is 10.1 Å². The number of Topliss-reactive ketones (excluding diaryl/α,β-unsaturated/α-hetero) is 1.